The van der Waals surface area contributed by atoms with Crippen molar-refractivity contribution >= 4 is 27.8 Å². The second-order valence-electron chi connectivity index (χ2n) is 16.2. The zero-order valence-corrected chi connectivity index (χ0v) is 32.2. The van der Waals surface area contributed by atoms with E-state index in [0.717, 1.165) is 58.4 Å². The zero-order chi connectivity index (χ0) is 37.7. The van der Waals surface area contributed by atoms with Crippen LogP contribution in [0.5, 0.6) is 11.5 Å². The van der Waals surface area contributed by atoms with Gasteiger partial charge in [-0.05, 0) is 96.7 Å². The lowest BCUT2D eigenvalue weighted by atomic mass is 9.72. The van der Waals surface area contributed by atoms with Gasteiger partial charge in [-0.1, -0.05) is 6.58 Å². The lowest BCUT2D eigenvalue weighted by Gasteiger charge is -2.54. The number of fused-ring (bicyclic) bond motifs is 1. The Kier molecular flexibility index (Phi) is 10.6. The minimum absolute atomic E-state index is 0.0355. The summed E-state index contributed by atoms with van der Waals surface area (Å²) in [5.41, 5.74) is 0.346. The van der Waals surface area contributed by atoms with Crippen molar-refractivity contribution in [2.45, 2.75) is 71.5 Å². The fourth-order valence-electron chi connectivity index (χ4n) is 9.15. The number of carbonyl (C=O) groups excluding carboxylic acids is 2. The second-order valence-corrected chi connectivity index (χ2v) is 18.1. The number of rotatable bonds is 11. The third kappa shape index (κ3) is 7.41. The number of amides is 2. The number of benzene rings is 1. The minimum Gasteiger partial charge on any atom is -0.451 e. The maximum absolute atomic E-state index is 14.4. The van der Waals surface area contributed by atoms with Crippen molar-refractivity contribution in [1.82, 2.24) is 33.3 Å². The molecule has 0 bridgehead atoms. The number of halogens is 1. The molecule has 7 rings (SSSR count). The van der Waals surface area contributed by atoms with Crippen LogP contribution in [0.2, 0.25) is 0 Å². The number of carbonyl (C=O) groups is 2. The number of likely N-dealkylation sites (tertiary alicyclic amines) is 2. The highest BCUT2D eigenvalue weighted by Gasteiger charge is 2.51. The van der Waals surface area contributed by atoms with Crippen LogP contribution in [0.15, 0.2) is 43.4 Å². The molecule has 2 aromatic rings. The SMILES string of the molecule is C=CC(=O)N1C[C@@H]2CN(S(=O)(=O)N3CCC(CN4CCC5(CC4)CN(c4ncncc4Oc4ccc(F)cc4C(=O)N(C(C)C)C(C)C)C5)CC3)C[C@@H]21. The van der Waals surface area contributed by atoms with E-state index < -0.39 is 16.0 Å². The first-order valence-corrected chi connectivity index (χ1v) is 20.4. The summed E-state index contributed by atoms with van der Waals surface area (Å²) >= 11 is 0. The van der Waals surface area contributed by atoms with E-state index in [1.807, 2.05) is 27.7 Å². The standard InChI is InChI=1S/C38H53FN8O5S/c1-6-35(48)46-21-29-20-45(22-32(29)46)53(50,51)44-13-9-28(10-14-44)19-42-15-11-38(12-16-42)23-43(24-38)36-34(18-40-25-41-36)52-33-8-7-30(39)17-31(33)37(49)47(26(2)3)27(4)5/h6-8,17-18,25-29,32H,1,9-16,19-24H2,2-5H3/t29-,32-/m0/s1. The van der Waals surface area contributed by atoms with Crippen molar-refractivity contribution in [1.29, 1.82) is 0 Å². The van der Waals surface area contributed by atoms with Crippen LogP contribution in [-0.2, 0) is 15.0 Å². The Bertz CT molecular complexity index is 1790. The first kappa shape index (κ1) is 37.6. The summed E-state index contributed by atoms with van der Waals surface area (Å²) in [6, 6.07) is 3.84. The largest absolute Gasteiger partial charge is 0.451 e. The van der Waals surface area contributed by atoms with E-state index in [0.29, 0.717) is 50.2 Å². The van der Waals surface area contributed by atoms with E-state index in [-0.39, 0.29) is 52.6 Å². The molecule has 13 nitrogen and oxygen atoms in total. The van der Waals surface area contributed by atoms with Crippen LogP contribution in [-0.4, -0.2) is 137 Å². The Labute approximate surface area is 312 Å². The molecule has 1 spiro atoms. The topological polar surface area (TPSA) is 123 Å². The molecule has 6 heterocycles. The lowest BCUT2D eigenvalue weighted by Crippen LogP contribution is -2.61. The van der Waals surface area contributed by atoms with Gasteiger partial charge >= 0.3 is 0 Å². The van der Waals surface area contributed by atoms with Gasteiger partial charge in [-0.25, -0.2) is 14.4 Å². The average molecular weight is 753 g/mol. The fraction of sp³-hybridized carbons (Fsp3) is 0.632. The van der Waals surface area contributed by atoms with Crippen LogP contribution in [0.4, 0.5) is 10.2 Å². The molecule has 5 aliphatic rings. The van der Waals surface area contributed by atoms with Gasteiger partial charge in [-0.2, -0.15) is 17.0 Å². The van der Waals surface area contributed by atoms with Gasteiger partial charge in [0.05, 0.1) is 17.8 Å². The summed E-state index contributed by atoms with van der Waals surface area (Å²) in [4.78, 5) is 42.6. The highest BCUT2D eigenvalue weighted by molar-refractivity contribution is 7.86. The first-order chi connectivity index (χ1) is 25.3. The minimum atomic E-state index is -3.54. The van der Waals surface area contributed by atoms with Crippen LogP contribution >= 0.6 is 0 Å². The summed E-state index contributed by atoms with van der Waals surface area (Å²) in [6.45, 7) is 18.5. The summed E-state index contributed by atoms with van der Waals surface area (Å²) in [7, 11) is -3.54. The number of hydrogen-bond acceptors (Lipinski definition) is 9. The Morgan fingerprint density at radius 1 is 1.02 bits per heavy atom. The molecule has 5 aliphatic heterocycles. The summed E-state index contributed by atoms with van der Waals surface area (Å²) < 4.78 is 50.9. The Balaban J connectivity index is 0.897. The number of hydrogen-bond donors (Lipinski definition) is 0. The number of piperidine rings is 2. The van der Waals surface area contributed by atoms with Gasteiger partial charge in [0.1, 0.15) is 17.9 Å². The first-order valence-electron chi connectivity index (χ1n) is 19.0. The maximum atomic E-state index is 14.4. The molecule has 0 aliphatic carbocycles. The third-order valence-electron chi connectivity index (χ3n) is 12.1. The number of anilines is 1. The second kappa shape index (κ2) is 14.9. The van der Waals surface area contributed by atoms with Gasteiger partial charge in [-0.3, -0.25) is 9.59 Å². The molecule has 288 valence electrons. The molecule has 2 amide bonds. The molecule has 1 aromatic heterocycles. The van der Waals surface area contributed by atoms with Crippen LogP contribution in [0.1, 0.15) is 63.7 Å². The van der Waals surface area contributed by atoms with Crippen LogP contribution in [0.3, 0.4) is 0 Å². The smallest absolute Gasteiger partial charge is 0.282 e. The highest BCUT2D eigenvalue weighted by Crippen LogP contribution is 2.45. The predicted molar refractivity (Wildman–Crippen MR) is 199 cm³/mol. The molecule has 0 radical (unpaired) electrons. The van der Waals surface area contributed by atoms with Gasteiger partial charge in [0.15, 0.2) is 11.6 Å². The molecule has 2 atom stereocenters. The van der Waals surface area contributed by atoms with Crippen molar-refractivity contribution in [3.05, 3.63) is 54.8 Å². The Hall–Kier alpha value is -3.66. The molecule has 1 aromatic carbocycles. The summed E-state index contributed by atoms with van der Waals surface area (Å²) in [5, 5.41) is 0. The maximum Gasteiger partial charge on any atom is 0.282 e. The Morgan fingerprint density at radius 2 is 1.72 bits per heavy atom. The molecular weight excluding hydrogens is 700 g/mol. The molecule has 5 saturated heterocycles. The molecule has 15 heteroatoms. The van der Waals surface area contributed by atoms with Crippen molar-refractivity contribution in [2.75, 3.05) is 70.3 Å². The molecule has 53 heavy (non-hydrogen) atoms. The van der Waals surface area contributed by atoms with E-state index in [4.69, 9.17) is 4.74 Å². The van der Waals surface area contributed by atoms with Gasteiger partial charge < -0.3 is 24.3 Å². The molecule has 0 unspecified atom stereocenters. The van der Waals surface area contributed by atoms with Crippen LogP contribution < -0.4 is 9.64 Å². The van der Waals surface area contributed by atoms with Crippen molar-refractivity contribution in [3.8, 4) is 11.5 Å². The van der Waals surface area contributed by atoms with Crippen LogP contribution in [0, 0.1) is 23.1 Å². The lowest BCUT2D eigenvalue weighted by molar-refractivity contribution is -0.135. The van der Waals surface area contributed by atoms with Gasteiger partial charge in [0.2, 0.25) is 5.91 Å². The highest BCUT2D eigenvalue weighted by atomic mass is 32.2. The van der Waals surface area contributed by atoms with Gasteiger partial charge in [0.25, 0.3) is 16.1 Å². The van der Waals surface area contributed by atoms with E-state index in [1.165, 1.54) is 30.6 Å². The summed E-state index contributed by atoms with van der Waals surface area (Å²) in [5.74, 6) is 1.10. The van der Waals surface area contributed by atoms with E-state index in [2.05, 4.69) is 26.3 Å². The quantitative estimate of drug-likeness (QED) is 0.315. The van der Waals surface area contributed by atoms with E-state index in [1.54, 1.807) is 24.6 Å². The zero-order valence-electron chi connectivity index (χ0n) is 31.4. The van der Waals surface area contributed by atoms with Gasteiger partial charge in [-0.15, -0.1) is 0 Å². The number of nitrogens with zero attached hydrogens (tertiary/aromatic N) is 8. The van der Waals surface area contributed by atoms with E-state index >= 15 is 0 Å². The van der Waals surface area contributed by atoms with Crippen LogP contribution in [0.25, 0.3) is 0 Å². The molecule has 0 N–H and O–H groups in total. The fourth-order valence-corrected chi connectivity index (χ4v) is 10.9. The number of aromatic nitrogens is 2. The Morgan fingerprint density at radius 3 is 2.38 bits per heavy atom. The van der Waals surface area contributed by atoms with Gasteiger partial charge in [0, 0.05) is 75.8 Å². The normalized spacial score (nSPS) is 23.9. The van der Waals surface area contributed by atoms with Crippen molar-refractivity contribution < 1.29 is 27.1 Å². The van der Waals surface area contributed by atoms with Crippen molar-refractivity contribution in [3.63, 3.8) is 0 Å². The monoisotopic (exact) mass is 752 g/mol. The molecule has 0 saturated carbocycles. The molecular formula is C38H53FN8O5S. The third-order valence-corrected chi connectivity index (χ3v) is 14.0. The number of ether oxygens (including phenoxy) is 1. The van der Waals surface area contributed by atoms with E-state index in [9.17, 15) is 22.4 Å². The van der Waals surface area contributed by atoms with Crippen molar-refractivity contribution in [2.24, 2.45) is 17.3 Å². The average Bonchev–Trinajstić information content (AvgIpc) is 3.45. The predicted octanol–water partition coefficient (Wildman–Crippen LogP) is 3.85. The molecule has 5 fully saturated rings. The summed E-state index contributed by atoms with van der Waals surface area (Å²) in [6.07, 6.45) is 8.23.